The van der Waals surface area contributed by atoms with Gasteiger partial charge in [-0.3, -0.25) is 0 Å². The Morgan fingerprint density at radius 2 is 1.41 bits per heavy atom. The van der Waals surface area contributed by atoms with Crippen molar-refractivity contribution < 1.29 is 25.2 Å². The number of nitrogens with zero attached hydrogens (tertiary/aromatic N) is 5. The Morgan fingerprint density at radius 1 is 0.704 bits per heavy atom. The molecule has 0 saturated carbocycles. The summed E-state index contributed by atoms with van der Waals surface area (Å²) in [7, 11) is 0. The van der Waals surface area contributed by atoms with E-state index in [1.54, 1.807) is 6.33 Å². The molecule has 0 amide bonds. The minimum Gasteiger partial charge on any atom is -0.357 e. The van der Waals surface area contributed by atoms with E-state index in [9.17, 15) is 0 Å². The number of anilines is 3. The van der Waals surface area contributed by atoms with Crippen LogP contribution < -0.4 is 4.90 Å². The molecule has 54 heavy (non-hydrogen) atoms. The molecule has 0 radical (unpaired) electrons. The zero-order valence-corrected chi connectivity index (χ0v) is 32.8. The van der Waals surface area contributed by atoms with E-state index in [1.165, 1.54) is 15.7 Å². The number of para-hydroxylation sites is 4. The van der Waals surface area contributed by atoms with Gasteiger partial charge in [-0.2, -0.15) is 12.1 Å². The van der Waals surface area contributed by atoms with Gasteiger partial charge in [0.25, 0.3) is 0 Å². The van der Waals surface area contributed by atoms with Crippen molar-refractivity contribution in [2.75, 3.05) is 4.90 Å². The third-order valence-electron chi connectivity index (χ3n) is 10.2. The third-order valence-corrected chi connectivity index (χ3v) is 10.2. The molecule has 3 aromatic heterocycles. The molecule has 6 heteroatoms. The number of aromatic nitrogens is 4. The van der Waals surface area contributed by atoms with Gasteiger partial charge in [-0.05, 0) is 83.3 Å². The van der Waals surface area contributed by atoms with E-state index in [4.69, 9.17) is 9.10 Å². The van der Waals surface area contributed by atoms with Gasteiger partial charge in [0, 0.05) is 67.4 Å². The summed E-state index contributed by atoms with van der Waals surface area (Å²) in [5.74, 6) is 1.19. The Bertz CT molecular complexity index is 2920. The van der Waals surface area contributed by atoms with Crippen LogP contribution in [-0.4, -0.2) is 18.7 Å². The molecule has 6 aromatic carbocycles. The van der Waals surface area contributed by atoms with Gasteiger partial charge in [-0.25, -0.2) is 14.1 Å². The molecule has 0 fully saturated rings. The zero-order chi connectivity index (χ0) is 38.7. The molecule has 0 spiro atoms. The van der Waals surface area contributed by atoms with Gasteiger partial charge in [0.05, 0.1) is 0 Å². The van der Waals surface area contributed by atoms with Crippen molar-refractivity contribution in [3.8, 4) is 22.6 Å². The van der Waals surface area contributed by atoms with Crippen LogP contribution in [0.2, 0.25) is 0 Å². The van der Waals surface area contributed by atoms with Gasteiger partial charge < -0.3 is 9.47 Å². The van der Waals surface area contributed by atoms with Crippen LogP contribution in [0.4, 0.5) is 17.1 Å². The first kappa shape index (κ1) is 31.7. The van der Waals surface area contributed by atoms with Gasteiger partial charge in [-0.15, -0.1) is 29.7 Å². The number of pyridine rings is 1. The van der Waals surface area contributed by atoms with E-state index >= 15 is 0 Å². The van der Waals surface area contributed by atoms with Crippen LogP contribution in [0.5, 0.6) is 0 Å². The van der Waals surface area contributed by atoms with E-state index in [2.05, 4.69) is 140 Å². The number of imidazole rings is 1. The van der Waals surface area contributed by atoms with Gasteiger partial charge in [0.1, 0.15) is 5.82 Å². The van der Waals surface area contributed by atoms with E-state index in [0.29, 0.717) is 11.4 Å². The molecule has 0 bridgehead atoms. The fourth-order valence-electron chi connectivity index (χ4n) is 7.77. The van der Waals surface area contributed by atoms with Crippen LogP contribution >= 0.6 is 0 Å². The predicted octanol–water partition coefficient (Wildman–Crippen LogP) is 12.2. The predicted molar refractivity (Wildman–Crippen MR) is 220 cm³/mol. The Kier molecular flexibility index (Phi) is 8.36. The average Bonchev–Trinajstić information content (AvgIpc) is 3.76. The first-order valence-electron chi connectivity index (χ1n) is 19.5. The molecule has 3 heterocycles. The second kappa shape index (κ2) is 14.2. The van der Waals surface area contributed by atoms with Crippen LogP contribution in [0.25, 0.3) is 55.5 Å². The standard InChI is InChI=1S/C48H40N5.Pt/c1-32(2)39-18-6-7-19-40(39)35-26-27-49-47(28-35)53-43-21-9-8-20-41(43)42-25-24-38(30-46(42)53)52(48-33(3)14-12-15-34(48)4)37-17-13-16-36(29-37)51-31-50(5)44-22-10-11-23-45(44)51;/h6-28,31-32H,1-5H3;/q-1;/i5D3;. The minimum atomic E-state index is -2.35. The molecule has 0 aliphatic carbocycles. The van der Waals surface area contributed by atoms with Crippen molar-refractivity contribution in [2.24, 2.45) is 6.98 Å². The number of hydrogen-bond donors (Lipinski definition) is 0. The first-order chi connectivity index (χ1) is 27.1. The molecule has 0 N–H and O–H groups in total. The Labute approximate surface area is 335 Å². The van der Waals surface area contributed by atoms with Crippen LogP contribution in [0.1, 0.15) is 40.6 Å². The molecule has 268 valence electrons. The molecular formula is C48H40N5Pt-. The molecule has 0 aliphatic heterocycles. The van der Waals surface area contributed by atoms with Crippen LogP contribution in [-0.2, 0) is 28.0 Å². The summed E-state index contributed by atoms with van der Waals surface area (Å²) in [6, 6.07) is 53.1. The number of benzene rings is 6. The quantitative estimate of drug-likeness (QED) is 0.149. The van der Waals surface area contributed by atoms with Crippen molar-refractivity contribution in [1.82, 2.24) is 18.7 Å². The number of fused-ring (bicyclic) bond motifs is 4. The third kappa shape index (κ3) is 5.93. The second-order valence-electron chi connectivity index (χ2n) is 13.9. The maximum atomic E-state index is 8.23. The van der Waals surface area contributed by atoms with Crippen molar-refractivity contribution in [3.05, 3.63) is 175 Å². The molecule has 0 saturated heterocycles. The summed E-state index contributed by atoms with van der Waals surface area (Å²) >= 11 is 0. The Balaban J connectivity index is 0.00000455. The molecule has 5 nitrogen and oxygen atoms in total. The summed E-state index contributed by atoms with van der Waals surface area (Å²) < 4.78 is 30.2. The summed E-state index contributed by atoms with van der Waals surface area (Å²) in [5, 5.41) is 2.20. The van der Waals surface area contributed by atoms with Crippen molar-refractivity contribution >= 4 is 49.9 Å². The van der Waals surface area contributed by atoms with Crippen LogP contribution in [0.15, 0.2) is 146 Å². The van der Waals surface area contributed by atoms with Crippen molar-refractivity contribution in [3.63, 3.8) is 0 Å². The molecule has 9 rings (SSSR count). The molecule has 0 atom stereocenters. The smallest absolute Gasteiger partial charge is 0.188 e. The maximum absolute atomic E-state index is 8.23. The largest absolute Gasteiger partial charge is 0.357 e. The van der Waals surface area contributed by atoms with Crippen LogP contribution in [0.3, 0.4) is 0 Å². The number of rotatable bonds is 7. The molecule has 9 aromatic rings. The van der Waals surface area contributed by atoms with Crippen LogP contribution in [0, 0.1) is 26.0 Å². The molecule has 0 aliphatic rings. The summed E-state index contributed by atoms with van der Waals surface area (Å²) in [4.78, 5) is 7.18. The normalized spacial score (nSPS) is 12.5. The summed E-state index contributed by atoms with van der Waals surface area (Å²) in [5.41, 5.74) is 12.5. The topological polar surface area (TPSA) is 30.9 Å². The van der Waals surface area contributed by atoms with Gasteiger partial charge in [0.2, 0.25) is 0 Å². The van der Waals surface area contributed by atoms with E-state index in [1.807, 2.05) is 53.2 Å². The summed E-state index contributed by atoms with van der Waals surface area (Å²) in [6.07, 6.45) is 3.55. The first-order valence-corrected chi connectivity index (χ1v) is 18.0. The monoisotopic (exact) mass is 884 g/mol. The molecular weight excluding hydrogens is 842 g/mol. The Morgan fingerprint density at radius 3 is 2.20 bits per heavy atom. The SMILES string of the molecule is [2H]C([2H])([2H])n1[cH+]n(-c2[c-]c(N(c3[c-]c4c(cc3)c3ccccc3n4-c3cc(-c4ccccc4C(C)C)ccn3)c3c(C)cccc3C)ccc2)c2ccccc21.[Pt]. The zero-order valence-electron chi connectivity index (χ0n) is 33.5. The second-order valence-corrected chi connectivity index (χ2v) is 13.9. The Hall–Kier alpha value is -5.77. The molecule has 0 unspecified atom stereocenters. The van der Waals surface area contributed by atoms with Gasteiger partial charge in [0.15, 0.2) is 17.4 Å². The minimum absolute atomic E-state index is 0. The van der Waals surface area contributed by atoms with Crippen molar-refractivity contribution in [2.45, 2.75) is 33.6 Å². The fraction of sp³-hybridized carbons (Fsp3) is 0.125. The number of hydrogen-bond acceptors (Lipinski definition) is 2. The van der Waals surface area contributed by atoms with Gasteiger partial charge >= 0.3 is 0 Å². The fourth-order valence-corrected chi connectivity index (χ4v) is 7.77. The summed E-state index contributed by atoms with van der Waals surface area (Å²) in [6.45, 7) is 6.36. The van der Waals surface area contributed by atoms with E-state index in [-0.39, 0.29) is 21.1 Å². The maximum Gasteiger partial charge on any atom is 0.188 e. The van der Waals surface area contributed by atoms with Crippen molar-refractivity contribution in [1.29, 1.82) is 0 Å². The number of aryl methyl sites for hydroxylation is 3. The van der Waals surface area contributed by atoms with E-state index in [0.717, 1.165) is 72.6 Å². The average molecular weight is 885 g/mol. The van der Waals surface area contributed by atoms with E-state index < -0.39 is 6.98 Å². The van der Waals surface area contributed by atoms with Gasteiger partial charge in [-0.1, -0.05) is 97.5 Å².